The number of alkyl halides is 3. The van der Waals surface area contributed by atoms with Gasteiger partial charge >= 0.3 is 6.18 Å². The van der Waals surface area contributed by atoms with E-state index in [1.165, 1.54) is 0 Å². The lowest BCUT2D eigenvalue weighted by Crippen LogP contribution is -2.15. The Kier molecular flexibility index (Phi) is 5.06. The molecule has 112 valence electrons. The molecule has 0 spiro atoms. The Hall–Kier alpha value is -1.76. The Bertz CT molecular complexity index is 533. The first kappa shape index (κ1) is 15.6. The molecule has 0 radical (unpaired) electrons. The highest BCUT2D eigenvalue weighted by Gasteiger charge is 2.33. The molecule has 1 atom stereocenters. The molecule has 0 N–H and O–H groups in total. The molecule has 0 aliphatic heterocycles. The molecule has 4 heteroatoms. The van der Waals surface area contributed by atoms with Gasteiger partial charge in [-0.2, -0.15) is 13.2 Å². The number of rotatable bonds is 5. The second-order valence-electron chi connectivity index (χ2n) is 5.43. The standard InChI is InChI=1S/C17H17F3O/c18-17(19,20)12-14(8-11-16(21)15-9-10-15)7-6-13-4-2-1-3-5-13/h1-5,14-15H,8-12H2. The second kappa shape index (κ2) is 6.80. The Morgan fingerprint density at radius 1 is 1.24 bits per heavy atom. The van der Waals surface area contributed by atoms with E-state index in [9.17, 15) is 18.0 Å². The van der Waals surface area contributed by atoms with Gasteiger partial charge < -0.3 is 0 Å². The minimum Gasteiger partial charge on any atom is -0.299 e. The first-order chi connectivity index (χ1) is 9.94. The van der Waals surface area contributed by atoms with Gasteiger partial charge in [-0.3, -0.25) is 4.79 Å². The van der Waals surface area contributed by atoms with Crippen LogP contribution in [-0.4, -0.2) is 12.0 Å². The molecule has 0 amide bonds. The minimum atomic E-state index is -4.25. The Balaban J connectivity index is 1.97. The lowest BCUT2D eigenvalue weighted by atomic mass is 9.96. The molecule has 1 fully saturated rings. The van der Waals surface area contributed by atoms with E-state index in [-0.39, 0.29) is 24.5 Å². The first-order valence-electron chi connectivity index (χ1n) is 7.10. The zero-order valence-corrected chi connectivity index (χ0v) is 11.6. The van der Waals surface area contributed by atoms with Crippen LogP contribution in [0.1, 0.15) is 37.7 Å². The molecule has 1 aromatic carbocycles. The van der Waals surface area contributed by atoms with E-state index in [0.717, 1.165) is 12.8 Å². The summed E-state index contributed by atoms with van der Waals surface area (Å²) >= 11 is 0. The van der Waals surface area contributed by atoms with Gasteiger partial charge in [0.2, 0.25) is 0 Å². The average Bonchev–Trinajstić information content (AvgIpc) is 3.26. The maximum absolute atomic E-state index is 12.6. The normalized spacial score (nSPS) is 16.0. The average molecular weight is 294 g/mol. The van der Waals surface area contributed by atoms with Crippen LogP contribution in [0, 0.1) is 23.7 Å². The summed E-state index contributed by atoms with van der Waals surface area (Å²) in [6, 6.07) is 8.92. The Morgan fingerprint density at radius 3 is 2.48 bits per heavy atom. The van der Waals surface area contributed by atoms with Crippen molar-refractivity contribution in [3.63, 3.8) is 0 Å². The molecular weight excluding hydrogens is 277 g/mol. The molecule has 0 bridgehead atoms. The summed E-state index contributed by atoms with van der Waals surface area (Å²) in [5.41, 5.74) is 0.693. The predicted molar refractivity (Wildman–Crippen MR) is 74.4 cm³/mol. The van der Waals surface area contributed by atoms with Gasteiger partial charge in [0.05, 0.1) is 6.42 Å². The molecule has 1 aliphatic carbocycles. The predicted octanol–water partition coefficient (Wildman–Crippen LogP) is 4.37. The van der Waals surface area contributed by atoms with Crippen molar-refractivity contribution in [2.24, 2.45) is 11.8 Å². The van der Waals surface area contributed by atoms with Crippen molar-refractivity contribution in [2.45, 2.75) is 38.3 Å². The van der Waals surface area contributed by atoms with E-state index in [0.29, 0.717) is 5.56 Å². The van der Waals surface area contributed by atoms with E-state index < -0.39 is 18.5 Å². The third kappa shape index (κ3) is 6.03. The molecule has 21 heavy (non-hydrogen) atoms. The van der Waals surface area contributed by atoms with Crippen molar-refractivity contribution >= 4 is 5.78 Å². The fraction of sp³-hybridized carbons (Fsp3) is 0.471. The van der Waals surface area contributed by atoms with Crippen LogP contribution in [0.5, 0.6) is 0 Å². The summed E-state index contributed by atoms with van der Waals surface area (Å²) in [5, 5.41) is 0. The summed E-state index contributed by atoms with van der Waals surface area (Å²) in [6.07, 6.45) is -3.04. The molecule has 2 rings (SSSR count). The van der Waals surface area contributed by atoms with Crippen molar-refractivity contribution in [1.29, 1.82) is 0 Å². The highest BCUT2D eigenvalue weighted by Crippen LogP contribution is 2.33. The van der Waals surface area contributed by atoms with Crippen LogP contribution in [0.2, 0.25) is 0 Å². The summed E-state index contributed by atoms with van der Waals surface area (Å²) in [7, 11) is 0. The Morgan fingerprint density at radius 2 is 1.90 bits per heavy atom. The van der Waals surface area contributed by atoms with Crippen molar-refractivity contribution in [1.82, 2.24) is 0 Å². The van der Waals surface area contributed by atoms with Crippen LogP contribution in [0.15, 0.2) is 30.3 Å². The van der Waals surface area contributed by atoms with Crippen molar-refractivity contribution < 1.29 is 18.0 Å². The van der Waals surface area contributed by atoms with E-state index >= 15 is 0 Å². The molecule has 0 heterocycles. The van der Waals surface area contributed by atoms with Crippen LogP contribution in [0.3, 0.4) is 0 Å². The van der Waals surface area contributed by atoms with Crippen molar-refractivity contribution in [2.75, 3.05) is 0 Å². The maximum Gasteiger partial charge on any atom is 0.390 e. The smallest absolute Gasteiger partial charge is 0.299 e. The van der Waals surface area contributed by atoms with Crippen LogP contribution < -0.4 is 0 Å². The number of halogens is 3. The van der Waals surface area contributed by atoms with Gasteiger partial charge in [0.1, 0.15) is 5.78 Å². The zero-order chi connectivity index (χ0) is 15.3. The molecule has 1 nitrogen and oxygen atoms in total. The molecule has 1 aliphatic rings. The third-order valence-corrected chi connectivity index (χ3v) is 3.44. The fourth-order valence-corrected chi connectivity index (χ4v) is 2.14. The largest absolute Gasteiger partial charge is 0.390 e. The number of carbonyl (C=O) groups excluding carboxylic acids is 1. The van der Waals surface area contributed by atoms with E-state index in [1.54, 1.807) is 24.3 Å². The van der Waals surface area contributed by atoms with E-state index in [1.807, 2.05) is 6.07 Å². The number of hydrogen-bond donors (Lipinski definition) is 0. The zero-order valence-electron chi connectivity index (χ0n) is 11.6. The van der Waals surface area contributed by atoms with Crippen LogP contribution in [0.25, 0.3) is 0 Å². The highest BCUT2D eigenvalue weighted by atomic mass is 19.4. The van der Waals surface area contributed by atoms with Crippen molar-refractivity contribution in [3.8, 4) is 11.8 Å². The first-order valence-corrected chi connectivity index (χ1v) is 7.10. The summed E-state index contributed by atoms with van der Waals surface area (Å²) in [4.78, 5) is 11.6. The van der Waals surface area contributed by atoms with Gasteiger partial charge in [-0.05, 0) is 31.4 Å². The van der Waals surface area contributed by atoms with Crippen LogP contribution >= 0.6 is 0 Å². The number of ketones is 1. The van der Waals surface area contributed by atoms with E-state index in [2.05, 4.69) is 11.8 Å². The van der Waals surface area contributed by atoms with Gasteiger partial charge in [0, 0.05) is 23.8 Å². The SMILES string of the molecule is O=C(CCC(C#Cc1ccccc1)CC(F)(F)F)C1CC1. The molecule has 0 aromatic heterocycles. The summed E-state index contributed by atoms with van der Waals surface area (Å²) in [6.45, 7) is 0. The number of Topliss-reactive ketones (excluding diaryl/α,β-unsaturated/α-hetero) is 1. The minimum absolute atomic E-state index is 0.0867. The lowest BCUT2D eigenvalue weighted by molar-refractivity contribution is -0.141. The molecular formula is C17H17F3O. The Labute approximate surface area is 122 Å². The second-order valence-corrected chi connectivity index (χ2v) is 5.43. The van der Waals surface area contributed by atoms with Gasteiger partial charge in [0.25, 0.3) is 0 Å². The topological polar surface area (TPSA) is 17.1 Å². The van der Waals surface area contributed by atoms with Crippen LogP contribution in [0.4, 0.5) is 13.2 Å². The fourth-order valence-electron chi connectivity index (χ4n) is 2.14. The molecule has 0 saturated heterocycles. The number of benzene rings is 1. The lowest BCUT2D eigenvalue weighted by Gasteiger charge is -2.12. The van der Waals surface area contributed by atoms with Gasteiger partial charge in [-0.25, -0.2) is 0 Å². The summed E-state index contributed by atoms with van der Waals surface area (Å²) in [5.74, 6) is 4.83. The number of hydrogen-bond acceptors (Lipinski definition) is 1. The third-order valence-electron chi connectivity index (χ3n) is 3.44. The van der Waals surface area contributed by atoms with Gasteiger partial charge in [-0.1, -0.05) is 30.0 Å². The monoisotopic (exact) mass is 294 g/mol. The van der Waals surface area contributed by atoms with Gasteiger partial charge in [-0.15, -0.1) is 0 Å². The molecule has 1 aromatic rings. The van der Waals surface area contributed by atoms with E-state index in [4.69, 9.17) is 0 Å². The number of carbonyl (C=O) groups is 1. The highest BCUT2D eigenvalue weighted by molar-refractivity contribution is 5.83. The molecule has 1 unspecified atom stereocenters. The maximum atomic E-state index is 12.6. The van der Waals surface area contributed by atoms with Crippen LogP contribution in [-0.2, 0) is 4.79 Å². The van der Waals surface area contributed by atoms with Gasteiger partial charge in [0.15, 0.2) is 0 Å². The summed E-state index contributed by atoms with van der Waals surface area (Å²) < 4.78 is 37.7. The van der Waals surface area contributed by atoms with Crippen molar-refractivity contribution in [3.05, 3.63) is 35.9 Å². The molecule has 1 saturated carbocycles. The quantitative estimate of drug-likeness (QED) is 0.737.